The first-order chi connectivity index (χ1) is 12.3. The highest BCUT2D eigenvalue weighted by Gasteiger charge is 2.45. The molecule has 4 nitrogen and oxygen atoms in total. The summed E-state index contributed by atoms with van der Waals surface area (Å²) in [6.45, 7) is 3.79. The van der Waals surface area contributed by atoms with Crippen LogP contribution in [0.1, 0.15) is 31.4 Å². The zero-order chi connectivity index (χ0) is 18.4. The fourth-order valence-corrected chi connectivity index (χ4v) is 6.38. The Hall–Kier alpha value is -1.15. The molecule has 3 aliphatic rings. The van der Waals surface area contributed by atoms with E-state index in [2.05, 4.69) is 14.8 Å². The second-order valence-corrected chi connectivity index (χ2v) is 9.36. The molecule has 3 saturated heterocycles. The predicted molar refractivity (Wildman–Crippen MR) is 95.6 cm³/mol. The van der Waals surface area contributed by atoms with Gasteiger partial charge in [-0.05, 0) is 56.3 Å². The van der Waals surface area contributed by atoms with Crippen LogP contribution in [0.15, 0.2) is 18.3 Å². The molecule has 26 heavy (non-hydrogen) atoms. The first-order valence-electron chi connectivity index (χ1n) is 9.22. The molecule has 0 radical (unpaired) electrons. The van der Waals surface area contributed by atoms with Crippen LogP contribution in [-0.4, -0.2) is 57.8 Å². The first kappa shape index (κ1) is 18.2. The van der Waals surface area contributed by atoms with Crippen LogP contribution in [0.4, 0.5) is 18.9 Å². The van der Waals surface area contributed by atoms with Crippen molar-refractivity contribution < 1.29 is 17.4 Å². The molecule has 1 unspecified atom stereocenters. The summed E-state index contributed by atoms with van der Waals surface area (Å²) in [7, 11) is -0.598. The molecule has 0 saturated carbocycles. The normalized spacial score (nSPS) is 27.5. The second kappa shape index (κ2) is 6.78. The molecule has 1 aromatic rings. The monoisotopic (exact) mass is 387 g/mol. The Labute approximate surface area is 154 Å². The maximum absolute atomic E-state index is 12.7. The summed E-state index contributed by atoms with van der Waals surface area (Å²) < 4.78 is 49.5. The van der Waals surface area contributed by atoms with Gasteiger partial charge < -0.3 is 4.90 Å². The van der Waals surface area contributed by atoms with Crippen LogP contribution in [0.25, 0.3) is 0 Å². The summed E-state index contributed by atoms with van der Waals surface area (Å²) in [5.41, 5.74) is 0.257. The molecule has 3 fully saturated rings. The van der Waals surface area contributed by atoms with E-state index in [1.165, 1.54) is 12.3 Å². The molecule has 0 aliphatic carbocycles. The van der Waals surface area contributed by atoms with Gasteiger partial charge in [-0.25, -0.2) is 4.98 Å². The third-order valence-electron chi connectivity index (χ3n) is 6.11. The molecule has 1 atom stereocenters. The van der Waals surface area contributed by atoms with Gasteiger partial charge in [0, 0.05) is 41.4 Å². The third kappa shape index (κ3) is 3.63. The fraction of sp³-hybridized carbons (Fsp3) is 0.722. The van der Waals surface area contributed by atoms with E-state index in [0.717, 1.165) is 75.1 Å². The third-order valence-corrected chi connectivity index (χ3v) is 7.98. The van der Waals surface area contributed by atoms with Gasteiger partial charge in [0.25, 0.3) is 0 Å². The second-order valence-electron chi connectivity index (χ2n) is 7.91. The highest BCUT2D eigenvalue weighted by Crippen LogP contribution is 2.41. The number of hydrogen-bond donors (Lipinski definition) is 0. The number of aromatic nitrogens is 1. The van der Waals surface area contributed by atoms with Crippen molar-refractivity contribution in [2.75, 3.05) is 42.6 Å². The number of anilines is 1. The van der Waals surface area contributed by atoms with E-state index < -0.39 is 22.7 Å². The Morgan fingerprint density at radius 3 is 2.46 bits per heavy atom. The largest absolute Gasteiger partial charge is 0.433 e. The van der Waals surface area contributed by atoms with Crippen LogP contribution >= 0.6 is 0 Å². The lowest BCUT2D eigenvalue weighted by molar-refractivity contribution is -0.141. The smallest absolute Gasteiger partial charge is 0.369 e. The van der Waals surface area contributed by atoms with Gasteiger partial charge in [0.1, 0.15) is 5.69 Å². The van der Waals surface area contributed by atoms with Crippen LogP contribution < -0.4 is 4.90 Å². The standard InChI is InChI=1S/C18H24F3N3OS/c19-18(20,21)16-4-3-14(10-22-16)24-7-1-2-15(11-24)23-8-5-17(6-9-23)12-26(25)13-17/h3-4,10,15H,1-2,5-9,11-13H2. The maximum Gasteiger partial charge on any atom is 0.433 e. The summed E-state index contributed by atoms with van der Waals surface area (Å²) in [6.07, 6.45) is 1.37. The van der Waals surface area contributed by atoms with Gasteiger partial charge in [0.2, 0.25) is 0 Å². The average molecular weight is 387 g/mol. The van der Waals surface area contributed by atoms with Crippen molar-refractivity contribution in [1.29, 1.82) is 0 Å². The molecule has 0 bridgehead atoms. The summed E-state index contributed by atoms with van der Waals surface area (Å²) >= 11 is 0. The van der Waals surface area contributed by atoms with Crippen molar-refractivity contribution in [3.63, 3.8) is 0 Å². The lowest BCUT2D eigenvalue weighted by Gasteiger charge is -2.50. The van der Waals surface area contributed by atoms with Gasteiger partial charge in [0.15, 0.2) is 0 Å². The SMILES string of the molecule is O=S1CC2(CCN(C3CCCN(c4ccc(C(F)(F)F)nc4)C3)CC2)C1. The topological polar surface area (TPSA) is 36.4 Å². The van der Waals surface area contributed by atoms with Gasteiger partial charge in [0.05, 0.1) is 11.9 Å². The van der Waals surface area contributed by atoms with Gasteiger partial charge >= 0.3 is 6.18 Å². The fourth-order valence-electron chi connectivity index (χ4n) is 4.52. The Morgan fingerprint density at radius 2 is 1.88 bits per heavy atom. The van der Waals surface area contributed by atoms with Crippen molar-refractivity contribution in [2.24, 2.45) is 5.41 Å². The minimum absolute atomic E-state index is 0.326. The average Bonchev–Trinajstić information content (AvgIpc) is 2.61. The van der Waals surface area contributed by atoms with E-state index in [1.807, 2.05) is 0 Å². The van der Waals surface area contributed by atoms with Gasteiger partial charge in [-0.3, -0.25) is 9.11 Å². The Kier molecular flexibility index (Phi) is 4.75. The minimum atomic E-state index is -4.39. The van der Waals surface area contributed by atoms with Crippen molar-refractivity contribution in [3.8, 4) is 0 Å². The molecule has 1 aromatic heterocycles. The van der Waals surface area contributed by atoms with Crippen LogP contribution in [0.3, 0.4) is 0 Å². The van der Waals surface area contributed by atoms with Crippen molar-refractivity contribution in [1.82, 2.24) is 9.88 Å². The first-order valence-corrected chi connectivity index (χ1v) is 10.7. The molecule has 4 rings (SSSR count). The van der Waals surface area contributed by atoms with E-state index in [-0.39, 0.29) is 0 Å². The van der Waals surface area contributed by atoms with E-state index in [1.54, 1.807) is 0 Å². The van der Waals surface area contributed by atoms with Crippen LogP contribution in [0, 0.1) is 5.41 Å². The zero-order valence-corrected chi connectivity index (χ0v) is 15.5. The van der Waals surface area contributed by atoms with E-state index >= 15 is 0 Å². The summed E-state index contributed by atoms with van der Waals surface area (Å²) in [5.74, 6) is 1.74. The Balaban J connectivity index is 1.36. The number of hydrogen-bond acceptors (Lipinski definition) is 4. The molecular weight excluding hydrogens is 363 g/mol. The molecule has 4 heterocycles. The lowest BCUT2D eigenvalue weighted by Crippen LogP contribution is -2.56. The quantitative estimate of drug-likeness (QED) is 0.782. The highest BCUT2D eigenvalue weighted by atomic mass is 32.2. The number of piperidine rings is 2. The number of rotatable bonds is 2. The van der Waals surface area contributed by atoms with Crippen molar-refractivity contribution >= 4 is 16.5 Å². The maximum atomic E-state index is 12.7. The summed E-state index contributed by atoms with van der Waals surface area (Å²) in [5, 5.41) is 0. The number of pyridine rings is 1. The number of likely N-dealkylation sites (tertiary alicyclic amines) is 1. The van der Waals surface area contributed by atoms with E-state index in [4.69, 9.17) is 0 Å². The molecule has 1 spiro atoms. The van der Waals surface area contributed by atoms with E-state index in [9.17, 15) is 17.4 Å². The summed E-state index contributed by atoms with van der Waals surface area (Å²) in [6, 6.07) is 3.04. The summed E-state index contributed by atoms with van der Waals surface area (Å²) in [4.78, 5) is 8.28. The highest BCUT2D eigenvalue weighted by molar-refractivity contribution is 7.86. The van der Waals surface area contributed by atoms with Crippen LogP contribution in [0.5, 0.6) is 0 Å². The van der Waals surface area contributed by atoms with Crippen molar-refractivity contribution in [3.05, 3.63) is 24.0 Å². The van der Waals surface area contributed by atoms with Gasteiger partial charge in [-0.1, -0.05) is 0 Å². The molecule has 0 N–H and O–H groups in total. The van der Waals surface area contributed by atoms with Crippen LogP contribution in [-0.2, 0) is 17.0 Å². The number of alkyl halides is 3. The molecular formula is C18H24F3N3OS. The predicted octanol–water partition coefficient (Wildman–Crippen LogP) is 2.91. The zero-order valence-electron chi connectivity index (χ0n) is 14.7. The van der Waals surface area contributed by atoms with Gasteiger partial charge in [-0.15, -0.1) is 0 Å². The molecule has 0 aromatic carbocycles. The van der Waals surface area contributed by atoms with Crippen LogP contribution in [0.2, 0.25) is 0 Å². The number of halogens is 3. The molecule has 0 amide bonds. The number of nitrogens with zero attached hydrogens (tertiary/aromatic N) is 3. The van der Waals surface area contributed by atoms with Gasteiger partial charge in [-0.2, -0.15) is 13.2 Å². The molecule has 3 aliphatic heterocycles. The Bertz CT molecular complexity index is 661. The van der Waals surface area contributed by atoms with E-state index in [0.29, 0.717) is 11.5 Å². The lowest BCUT2D eigenvalue weighted by atomic mass is 9.80. The molecule has 8 heteroatoms. The minimum Gasteiger partial charge on any atom is -0.369 e. The molecule has 144 valence electrons. The van der Waals surface area contributed by atoms with Crippen molar-refractivity contribution in [2.45, 2.75) is 37.9 Å². The Morgan fingerprint density at radius 1 is 1.15 bits per heavy atom.